The van der Waals surface area contributed by atoms with Crippen LogP contribution in [0.4, 0.5) is 0 Å². The van der Waals surface area contributed by atoms with Gasteiger partial charge >= 0.3 is 0 Å². The molecule has 6 N–H and O–H groups in total. The smallest absolute Gasteiger partial charge is 0.0319 e. The molecule has 1 aliphatic rings. The van der Waals surface area contributed by atoms with E-state index in [9.17, 15) is 0 Å². The summed E-state index contributed by atoms with van der Waals surface area (Å²) in [4.78, 5) is 0. The number of aliphatic hydroxyl groups is 6. The SMILES string of the molecule is C1CCCCCCCCCCCCCCCCCCCCCCCCCCCCCCCCCCCCCCC1.CO.CO.CO.CO.CO.CO. The molecule has 6 heteroatoms. The van der Waals surface area contributed by atoms with Gasteiger partial charge in [-0.25, -0.2) is 0 Å². The van der Waals surface area contributed by atoms with Crippen LogP contribution in [0, 0.1) is 0 Å². The van der Waals surface area contributed by atoms with Crippen molar-refractivity contribution in [3.05, 3.63) is 0 Å². The van der Waals surface area contributed by atoms with E-state index in [2.05, 4.69) is 0 Å². The fraction of sp³-hybridized carbons (Fsp3) is 1.00. The zero-order valence-electron chi connectivity index (χ0n) is 37.0. The minimum atomic E-state index is 1.00. The van der Waals surface area contributed by atoms with Gasteiger partial charge in [0.15, 0.2) is 0 Å². The van der Waals surface area contributed by atoms with Crippen LogP contribution in [0.3, 0.4) is 0 Å². The highest BCUT2D eigenvalue weighted by atomic mass is 16.2. The van der Waals surface area contributed by atoms with Crippen LogP contribution >= 0.6 is 0 Å². The number of rotatable bonds is 0. The summed E-state index contributed by atoms with van der Waals surface area (Å²) < 4.78 is 0. The molecule has 1 rings (SSSR count). The van der Waals surface area contributed by atoms with Gasteiger partial charge in [-0.3, -0.25) is 0 Å². The molecule has 0 amide bonds. The lowest BCUT2D eigenvalue weighted by Gasteiger charge is -2.05. The lowest BCUT2D eigenvalue weighted by molar-refractivity contribution is 0.399. The highest BCUT2D eigenvalue weighted by Crippen LogP contribution is 2.18. The van der Waals surface area contributed by atoms with Crippen molar-refractivity contribution in [3.63, 3.8) is 0 Å². The highest BCUT2D eigenvalue weighted by molar-refractivity contribution is 4.54. The molecule has 6 nitrogen and oxygen atoms in total. The van der Waals surface area contributed by atoms with Gasteiger partial charge in [0, 0.05) is 42.7 Å². The molecular weight excluding hydrogens is 649 g/mol. The zero-order chi connectivity index (χ0) is 40.3. The Bertz CT molecular complexity index is 240. The van der Waals surface area contributed by atoms with E-state index in [0.717, 1.165) is 42.7 Å². The lowest BCUT2D eigenvalue weighted by Crippen LogP contribution is -1.85. The first-order valence-electron chi connectivity index (χ1n) is 22.7. The number of hydrogen-bond donors (Lipinski definition) is 6. The molecule has 0 unspecified atom stereocenters. The van der Waals surface area contributed by atoms with Crippen LogP contribution in [-0.2, 0) is 0 Å². The second-order valence-corrected chi connectivity index (χ2v) is 14.1. The molecule has 0 aromatic heterocycles. The van der Waals surface area contributed by atoms with Crippen molar-refractivity contribution in [1.82, 2.24) is 0 Å². The number of aliphatic hydroxyl groups excluding tert-OH is 6. The summed E-state index contributed by atoms with van der Waals surface area (Å²) >= 11 is 0. The van der Waals surface area contributed by atoms with Crippen LogP contribution in [-0.4, -0.2) is 73.3 Å². The molecule has 0 heterocycles. The lowest BCUT2D eigenvalue weighted by atomic mass is 10.0. The van der Waals surface area contributed by atoms with Gasteiger partial charge in [-0.15, -0.1) is 0 Å². The molecule has 324 valence electrons. The average Bonchev–Trinajstić information content (AvgIpc) is 3.22. The largest absolute Gasteiger partial charge is 0.400 e. The van der Waals surface area contributed by atoms with E-state index in [4.69, 9.17) is 30.6 Å². The second-order valence-electron chi connectivity index (χ2n) is 14.1. The molecule has 52 heavy (non-hydrogen) atoms. The van der Waals surface area contributed by atoms with Crippen LogP contribution < -0.4 is 0 Å². The summed E-state index contributed by atoms with van der Waals surface area (Å²) in [6.45, 7) is 0. The average molecular weight is 753 g/mol. The first-order chi connectivity index (χ1) is 26.0. The molecule has 0 aromatic rings. The molecule has 1 aliphatic carbocycles. The molecule has 0 bridgehead atoms. The first-order valence-corrected chi connectivity index (χ1v) is 22.7. The van der Waals surface area contributed by atoms with E-state index < -0.39 is 0 Å². The summed E-state index contributed by atoms with van der Waals surface area (Å²) in [5.74, 6) is 0. The predicted molar refractivity (Wildman–Crippen MR) is 234 cm³/mol. The molecule has 1 saturated carbocycles. The summed E-state index contributed by atoms with van der Waals surface area (Å²) in [7, 11) is 6.00. The van der Waals surface area contributed by atoms with E-state index in [1.54, 1.807) is 0 Å². The Labute approximate surface area is 329 Å². The Balaban J connectivity index is -0.000000397. The third-order valence-corrected chi connectivity index (χ3v) is 10.00. The third kappa shape index (κ3) is 74.8. The van der Waals surface area contributed by atoms with Crippen molar-refractivity contribution in [2.24, 2.45) is 0 Å². The summed E-state index contributed by atoms with van der Waals surface area (Å²) in [5.41, 5.74) is 0. The standard InChI is InChI=1S/C40H80.6CH4O/c1-2-4-6-8-10-12-14-16-18-20-22-24-26-28-30-32-34-36-38-40-39-37-35-33-31-29-27-25-23-21-19-17-15-13-11-9-7-5-3-1;6*1-2/h1-40H2;6*2H,1H3. The molecule has 0 radical (unpaired) electrons. The van der Waals surface area contributed by atoms with Gasteiger partial charge in [0.1, 0.15) is 0 Å². The number of hydrogen-bond acceptors (Lipinski definition) is 6. The van der Waals surface area contributed by atoms with E-state index in [1.807, 2.05) is 0 Å². The minimum Gasteiger partial charge on any atom is -0.400 e. The van der Waals surface area contributed by atoms with Gasteiger partial charge in [-0.05, 0) is 0 Å². The predicted octanol–water partition coefficient (Wildman–Crippen LogP) is 13.3. The minimum absolute atomic E-state index is 1.00. The maximum atomic E-state index is 7.00. The molecule has 0 saturated heterocycles. The quantitative estimate of drug-likeness (QED) is 0.146. The topological polar surface area (TPSA) is 121 Å². The summed E-state index contributed by atoms with van der Waals surface area (Å²) in [6.07, 6.45) is 60.0. The third-order valence-electron chi connectivity index (χ3n) is 10.00. The molecule has 1 fully saturated rings. The van der Waals surface area contributed by atoms with Crippen LogP contribution in [0.15, 0.2) is 0 Å². The van der Waals surface area contributed by atoms with E-state index in [0.29, 0.717) is 0 Å². The fourth-order valence-electron chi connectivity index (χ4n) is 7.07. The molecule has 0 aromatic carbocycles. The Kier molecular flexibility index (Phi) is 97.4. The zero-order valence-corrected chi connectivity index (χ0v) is 37.0. The second kappa shape index (κ2) is 79.5. The monoisotopic (exact) mass is 753 g/mol. The molecule has 0 atom stereocenters. The van der Waals surface area contributed by atoms with Gasteiger partial charge in [-0.1, -0.05) is 257 Å². The van der Waals surface area contributed by atoms with Crippen molar-refractivity contribution in [3.8, 4) is 0 Å². The van der Waals surface area contributed by atoms with Crippen LogP contribution in [0.5, 0.6) is 0 Å². The van der Waals surface area contributed by atoms with Gasteiger partial charge < -0.3 is 30.6 Å². The van der Waals surface area contributed by atoms with Crippen molar-refractivity contribution in [2.75, 3.05) is 42.7 Å². The Morgan fingerprint density at radius 1 is 0.0962 bits per heavy atom. The summed E-state index contributed by atoms with van der Waals surface area (Å²) in [6, 6.07) is 0. The van der Waals surface area contributed by atoms with Crippen molar-refractivity contribution in [2.45, 2.75) is 257 Å². The molecular formula is C46H104O6. The van der Waals surface area contributed by atoms with Gasteiger partial charge in [0.2, 0.25) is 0 Å². The van der Waals surface area contributed by atoms with Crippen molar-refractivity contribution in [1.29, 1.82) is 0 Å². The maximum absolute atomic E-state index is 7.00. The van der Waals surface area contributed by atoms with E-state index in [1.165, 1.54) is 257 Å². The Morgan fingerprint density at radius 3 is 0.135 bits per heavy atom. The molecule has 0 spiro atoms. The van der Waals surface area contributed by atoms with E-state index in [-0.39, 0.29) is 0 Å². The summed E-state index contributed by atoms with van der Waals surface area (Å²) in [5, 5.41) is 42.0. The van der Waals surface area contributed by atoms with Crippen LogP contribution in [0.2, 0.25) is 0 Å². The van der Waals surface area contributed by atoms with E-state index >= 15 is 0 Å². The van der Waals surface area contributed by atoms with Gasteiger partial charge in [0.05, 0.1) is 0 Å². The van der Waals surface area contributed by atoms with Crippen molar-refractivity contribution >= 4 is 0 Å². The Hall–Kier alpha value is -0.240. The van der Waals surface area contributed by atoms with Crippen LogP contribution in [0.1, 0.15) is 257 Å². The fourth-order valence-corrected chi connectivity index (χ4v) is 7.07. The maximum Gasteiger partial charge on any atom is 0.0319 e. The normalized spacial score (nSPS) is 19.2. The van der Waals surface area contributed by atoms with Crippen LogP contribution in [0.25, 0.3) is 0 Å². The van der Waals surface area contributed by atoms with Gasteiger partial charge in [-0.2, -0.15) is 0 Å². The highest BCUT2D eigenvalue weighted by Gasteiger charge is 1.98. The van der Waals surface area contributed by atoms with Gasteiger partial charge in [0.25, 0.3) is 0 Å². The molecule has 0 aliphatic heterocycles. The first kappa shape index (κ1) is 63.7. The Morgan fingerprint density at radius 2 is 0.115 bits per heavy atom. The van der Waals surface area contributed by atoms with Crippen molar-refractivity contribution < 1.29 is 30.6 Å².